The van der Waals surface area contributed by atoms with Gasteiger partial charge in [-0.1, -0.05) is 24.3 Å². The van der Waals surface area contributed by atoms with E-state index in [-0.39, 0.29) is 18.9 Å². The number of rotatable bonds is 2. The number of aliphatic carboxylic acids is 1. The molecule has 1 aromatic carbocycles. The zero-order valence-electron chi connectivity index (χ0n) is 11.4. The Morgan fingerprint density at radius 3 is 2.81 bits per heavy atom. The minimum absolute atomic E-state index is 0.0395. The third-order valence-corrected chi connectivity index (χ3v) is 4.06. The summed E-state index contributed by atoms with van der Waals surface area (Å²) in [6.45, 7) is 0.472. The lowest BCUT2D eigenvalue weighted by atomic mass is 9.96. The van der Waals surface area contributed by atoms with Crippen LogP contribution in [0.5, 0.6) is 0 Å². The van der Waals surface area contributed by atoms with E-state index in [2.05, 4.69) is 0 Å². The number of carbonyl (C=O) groups excluding carboxylic acids is 1. The van der Waals surface area contributed by atoms with E-state index in [1.54, 1.807) is 0 Å². The van der Waals surface area contributed by atoms with Crippen LogP contribution in [0, 0.1) is 0 Å². The Morgan fingerprint density at radius 1 is 1.29 bits per heavy atom. The highest BCUT2D eigenvalue weighted by molar-refractivity contribution is 5.88. The average molecular weight is 291 g/mol. The third-order valence-electron chi connectivity index (χ3n) is 4.06. The number of aliphatic hydroxyl groups excluding tert-OH is 1. The number of benzene rings is 1. The minimum Gasteiger partial charge on any atom is -0.480 e. The molecule has 0 saturated carbocycles. The number of fused-ring (bicyclic) bond motifs is 1. The lowest BCUT2D eigenvalue weighted by molar-refractivity contribution is -0.154. The molecule has 21 heavy (non-hydrogen) atoms. The number of likely N-dealkylation sites (tertiary alicyclic amines) is 1. The lowest BCUT2D eigenvalue weighted by Crippen LogP contribution is -2.44. The van der Waals surface area contributed by atoms with Gasteiger partial charge in [0.2, 0.25) is 0 Å². The van der Waals surface area contributed by atoms with Crippen LogP contribution in [0.15, 0.2) is 24.3 Å². The van der Waals surface area contributed by atoms with Crippen LogP contribution >= 0.6 is 0 Å². The summed E-state index contributed by atoms with van der Waals surface area (Å²) in [7, 11) is 0. The molecule has 2 heterocycles. The number of hydrogen-bond donors (Lipinski definition) is 2. The van der Waals surface area contributed by atoms with Gasteiger partial charge in [-0.15, -0.1) is 0 Å². The predicted octanol–water partition coefficient (Wildman–Crippen LogP) is 0.347. The third kappa shape index (κ3) is 2.52. The van der Waals surface area contributed by atoms with Crippen LogP contribution in [0.2, 0.25) is 0 Å². The van der Waals surface area contributed by atoms with E-state index in [0.717, 1.165) is 17.5 Å². The van der Waals surface area contributed by atoms with Gasteiger partial charge in [0.25, 0.3) is 5.91 Å². The second-order valence-electron chi connectivity index (χ2n) is 5.43. The van der Waals surface area contributed by atoms with Crippen molar-refractivity contribution in [3.05, 3.63) is 35.4 Å². The van der Waals surface area contributed by atoms with E-state index in [0.29, 0.717) is 6.61 Å². The first-order valence-electron chi connectivity index (χ1n) is 6.98. The highest BCUT2D eigenvalue weighted by atomic mass is 16.5. The van der Waals surface area contributed by atoms with Crippen molar-refractivity contribution in [3.8, 4) is 0 Å². The Labute approximate surface area is 121 Å². The first-order valence-corrected chi connectivity index (χ1v) is 6.98. The molecule has 6 nitrogen and oxygen atoms in total. The molecule has 6 heteroatoms. The number of β-amino-alcohol motifs (C(OH)–C–C–N with tert-alkyl or cyclic N) is 1. The van der Waals surface area contributed by atoms with Crippen molar-refractivity contribution in [1.82, 2.24) is 4.90 Å². The van der Waals surface area contributed by atoms with E-state index in [1.807, 2.05) is 24.3 Å². The van der Waals surface area contributed by atoms with E-state index < -0.39 is 24.2 Å². The highest BCUT2D eigenvalue weighted by Gasteiger charge is 2.42. The molecule has 1 amide bonds. The van der Waals surface area contributed by atoms with Crippen molar-refractivity contribution >= 4 is 11.9 Å². The fourth-order valence-corrected chi connectivity index (χ4v) is 3.04. The van der Waals surface area contributed by atoms with Crippen LogP contribution in [0.3, 0.4) is 0 Å². The van der Waals surface area contributed by atoms with Gasteiger partial charge in [0.15, 0.2) is 6.10 Å². The van der Waals surface area contributed by atoms with E-state index >= 15 is 0 Å². The van der Waals surface area contributed by atoms with Crippen molar-refractivity contribution < 1.29 is 24.5 Å². The number of ether oxygens (including phenoxy) is 1. The summed E-state index contributed by atoms with van der Waals surface area (Å²) in [5.74, 6) is -1.48. The largest absolute Gasteiger partial charge is 0.480 e. The van der Waals surface area contributed by atoms with Gasteiger partial charge < -0.3 is 19.8 Å². The van der Waals surface area contributed by atoms with Gasteiger partial charge in [0.05, 0.1) is 12.7 Å². The number of carboxylic acid groups (broad SMARTS) is 1. The van der Waals surface area contributed by atoms with Crippen LogP contribution in [0.1, 0.15) is 23.7 Å². The van der Waals surface area contributed by atoms with E-state index in [4.69, 9.17) is 4.74 Å². The second-order valence-corrected chi connectivity index (χ2v) is 5.43. The molecule has 2 aliphatic rings. The summed E-state index contributed by atoms with van der Waals surface area (Å²) >= 11 is 0. The molecule has 3 unspecified atom stereocenters. The zero-order valence-corrected chi connectivity index (χ0v) is 11.4. The average Bonchev–Trinajstić information content (AvgIpc) is 2.88. The molecule has 1 aromatic rings. The van der Waals surface area contributed by atoms with Crippen LogP contribution in [0.4, 0.5) is 0 Å². The molecule has 0 bridgehead atoms. The lowest BCUT2D eigenvalue weighted by Gasteiger charge is -2.30. The van der Waals surface area contributed by atoms with Gasteiger partial charge in [0, 0.05) is 13.0 Å². The van der Waals surface area contributed by atoms with Crippen molar-refractivity contribution in [1.29, 1.82) is 0 Å². The standard InChI is InChI=1S/C15H17NO5/c17-10-7-12(15(19)20)16(8-10)14(18)13-11-4-2-1-3-9(11)5-6-21-13/h1-4,10,12-13,17H,5-8H2,(H,19,20). The summed E-state index contributed by atoms with van der Waals surface area (Å²) < 4.78 is 5.58. The number of carbonyl (C=O) groups is 2. The van der Waals surface area contributed by atoms with Gasteiger partial charge in [-0.05, 0) is 17.5 Å². The summed E-state index contributed by atoms with van der Waals surface area (Å²) in [4.78, 5) is 25.1. The summed E-state index contributed by atoms with van der Waals surface area (Å²) in [5, 5.41) is 18.9. The van der Waals surface area contributed by atoms with Crippen molar-refractivity contribution in [3.63, 3.8) is 0 Å². The first-order chi connectivity index (χ1) is 10.1. The monoisotopic (exact) mass is 291 g/mol. The maximum Gasteiger partial charge on any atom is 0.326 e. The Kier molecular flexibility index (Phi) is 3.65. The fraction of sp³-hybridized carbons (Fsp3) is 0.467. The molecule has 0 aromatic heterocycles. The smallest absolute Gasteiger partial charge is 0.326 e. The molecular weight excluding hydrogens is 274 g/mol. The Balaban J connectivity index is 1.87. The summed E-state index contributed by atoms with van der Waals surface area (Å²) in [6, 6.07) is 6.54. The van der Waals surface area contributed by atoms with Crippen LogP contribution in [-0.4, -0.2) is 52.3 Å². The van der Waals surface area contributed by atoms with Crippen molar-refractivity contribution in [2.75, 3.05) is 13.2 Å². The van der Waals surface area contributed by atoms with Gasteiger partial charge in [0.1, 0.15) is 6.04 Å². The topological polar surface area (TPSA) is 87.1 Å². The van der Waals surface area contributed by atoms with Gasteiger partial charge in [-0.3, -0.25) is 4.79 Å². The van der Waals surface area contributed by atoms with E-state index in [1.165, 1.54) is 4.90 Å². The van der Waals surface area contributed by atoms with Crippen LogP contribution in [0.25, 0.3) is 0 Å². The maximum atomic E-state index is 12.7. The molecule has 2 aliphatic heterocycles. The molecule has 0 aliphatic carbocycles. The number of hydrogen-bond acceptors (Lipinski definition) is 4. The Hall–Kier alpha value is -1.92. The quantitative estimate of drug-likeness (QED) is 0.821. The summed E-state index contributed by atoms with van der Waals surface area (Å²) in [6.07, 6.45) is -0.767. The van der Waals surface area contributed by atoms with Crippen molar-refractivity contribution in [2.45, 2.75) is 31.1 Å². The van der Waals surface area contributed by atoms with Crippen LogP contribution < -0.4 is 0 Å². The fourth-order valence-electron chi connectivity index (χ4n) is 3.04. The minimum atomic E-state index is -1.09. The molecule has 3 atom stereocenters. The van der Waals surface area contributed by atoms with E-state index in [9.17, 15) is 19.8 Å². The number of nitrogens with zero attached hydrogens (tertiary/aromatic N) is 1. The number of amides is 1. The molecule has 112 valence electrons. The number of carboxylic acids is 1. The summed E-state index contributed by atoms with van der Waals surface area (Å²) in [5.41, 5.74) is 1.84. The molecule has 0 radical (unpaired) electrons. The normalized spacial score (nSPS) is 28.2. The highest BCUT2D eigenvalue weighted by Crippen LogP contribution is 2.31. The molecule has 1 saturated heterocycles. The molecule has 1 fully saturated rings. The molecule has 2 N–H and O–H groups in total. The Morgan fingerprint density at radius 2 is 2.05 bits per heavy atom. The molecular formula is C15H17NO5. The predicted molar refractivity (Wildman–Crippen MR) is 72.6 cm³/mol. The van der Waals surface area contributed by atoms with Gasteiger partial charge in [-0.25, -0.2) is 4.79 Å². The first kappa shape index (κ1) is 14.0. The maximum absolute atomic E-state index is 12.7. The van der Waals surface area contributed by atoms with Gasteiger partial charge >= 0.3 is 5.97 Å². The molecule has 0 spiro atoms. The zero-order chi connectivity index (χ0) is 15.0. The van der Waals surface area contributed by atoms with Crippen LogP contribution in [-0.2, 0) is 20.7 Å². The van der Waals surface area contributed by atoms with Gasteiger partial charge in [-0.2, -0.15) is 0 Å². The van der Waals surface area contributed by atoms with Crippen molar-refractivity contribution in [2.24, 2.45) is 0 Å². The second kappa shape index (κ2) is 5.46. The number of aliphatic hydroxyl groups is 1. The molecule has 3 rings (SSSR count). The SMILES string of the molecule is O=C(O)C1CC(O)CN1C(=O)C1OCCc2ccccc21. The Bertz CT molecular complexity index is 573.